The van der Waals surface area contributed by atoms with Crippen molar-refractivity contribution in [3.63, 3.8) is 0 Å². The first-order valence-corrected chi connectivity index (χ1v) is 5.08. The van der Waals surface area contributed by atoms with Gasteiger partial charge >= 0.3 is 0 Å². The average molecular weight is 378 g/mol. The number of halogens is 2. The van der Waals surface area contributed by atoms with Crippen LogP contribution in [0.4, 0.5) is 0 Å². The van der Waals surface area contributed by atoms with Crippen molar-refractivity contribution in [3.05, 3.63) is 19.3 Å². The molecule has 1 aromatic rings. The van der Waals surface area contributed by atoms with E-state index in [0.717, 1.165) is 7.14 Å². The van der Waals surface area contributed by atoms with Gasteiger partial charge in [0.25, 0.3) is 0 Å². The molecule has 1 rings (SSSR count). The number of aromatic hydroxyl groups is 1. The Balaban J connectivity index is 3.31. The third-order valence-electron chi connectivity index (χ3n) is 1.01. The maximum Gasteiger partial charge on any atom is 0.142 e. The van der Waals surface area contributed by atoms with Crippen molar-refractivity contribution in [2.45, 2.75) is 4.90 Å². The summed E-state index contributed by atoms with van der Waals surface area (Å²) < 4.78 is 1.93. The smallest absolute Gasteiger partial charge is 0.142 e. The predicted molar refractivity (Wildman–Crippen MR) is 60.8 cm³/mol. The van der Waals surface area contributed by atoms with Gasteiger partial charge in [0.15, 0.2) is 0 Å². The van der Waals surface area contributed by atoms with E-state index in [0.29, 0.717) is 4.90 Å². The summed E-state index contributed by atoms with van der Waals surface area (Å²) in [6, 6.07) is 3.72. The molecule has 0 aliphatic heterocycles. The number of rotatable bonds is 0. The molecule has 0 spiro atoms. The van der Waals surface area contributed by atoms with Gasteiger partial charge in [-0.1, -0.05) is 0 Å². The number of hydrogen-bond acceptors (Lipinski definition) is 2. The van der Waals surface area contributed by atoms with Crippen molar-refractivity contribution in [1.82, 2.24) is 0 Å². The Morgan fingerprint density at radius 2 is 1.90 bits per heavy atom. The molecule has 10 heavy (non-hydrogen) atoms. The van der Waals surface area contributed by atoms with E-state index in [-0.39, 0.29) is 5.75 Å². The second kappa shape index (κ2) is 3.48. The van der Waals surface area contributed by atoms with Crippen molar-refractivity contribution < 1.29 is 5.11 Å². The lowest BCUT2D eigenvalue weighted by Gasteiger charge is -2.00. The van der Waals surface area contributed by atoms with Crippen LogP contribution >= 0.6 is 57.8 Å². The topological polar surface area (TPSA) is 20.2 Å². The van der Waals surface area contributed by atoms with Crippen LogP contribution in [0.5, 0.6) is 5.75 Å². The quantitative estimate of drug-likeness (QED) is 0.526. The second-order valence-electron chi connectivity index (χ2n) is 1.76. The molecule has 1 aromatic carbocycles. The summed E-state index contributed by atoms with van der Waals surface area (Å²) in [6.07, 6.45) is 0. The van der Waals surface area contributed by atoms with Gasteiger partial charge in [0.2, 0.25) is 0 Å². The first kappa shape index (κ1) is 8.92. The molecule has 54 valence electrons. The van der Waals surface area contributed by atoms with Gasteiger partial charge in [-0.15, -0.1) is 12.6 Å². The van der Waals surface area contributed by atoms with E-state index in [4.69, 9.17) is 0 Å². The Bertz CT molecular complexity index is 239. The van der Waals surface area contributed by atoms with Gasteiger partial charge in [-0.25, -0.2) is 0 Å². The molecule has 0 amide bonds. The zero-order valence-corrected chi connectivity index (χ0v) is 10.0. The fourth-order valence-corrected chi connectivity index (χ4v) is 3.12. The molecule has 0 aliphatic rings. The lowest BCUT2D eigenvalue weighted by Crippen LogP contribution is -1.78. The Hall–Kier alpha value is 0.830. The number of benzene rings is 1. The summed E-state index contributed by atoms with van der Waals surface area (Å²) in [5.74, 6) is 0.268. The molecule has 0 aromatic heterocycles. The van der Waals surface area contributed by atoms with Crippen molar-refractivity contribution in [2.75, 3.05) is 0 Å². The summed E-state index contributed by atoms with van der Waals surface area (Å²) in [7, 11) is 0. The minimum atomic E-state index is 0.268. The minimum absolute atomic E-state index is 0.268. The Kier molecular flexibility index (Phi) is 3.11. The first-order chi connectivity index (χ1) is 4.61. The van der Waals surface area contributed by atoms with Crippen LogP contribution in [0.25, 0.3) is 0 Å². The minimum Gasteiger partial charge on any atom is -0.506 e. The maximum atomic E-state index is 9.24. The predicted octanol–water partition coefficient (Wildman–Crippen LogP) is 2.89. The van der Waals surface area contributed by atoms with Crippen molar-refractivity contribution in [1.29, 1.82) is 0 Å². The summed E-state index contributed by atoms with van der Waals surface area (Å²) in [6.45, 7) is 0. The SMILES string of the molecule is Oc1c(S)cc(I)cc1I. The summed E-state index contributed by atoms with van der Waals surface area (Å²) in [4.78, 5) is 0.635. The van der Waals surface area contributed by atoms with Gasteiger partial charge < -0.3 is 5.11 Å². The van der Waals surface area contributed by atoms with Crippen molar-refractivity contribution in [2.24, 2.45) is 0 Å². The lowest BCUT2D eigenvalue weighted by molar-refractivity contribution is 0.458. The molecule has 0 saturated carbocycles. The van der Waals surface area contributed by atoms with Crippen LogP contribution in [-0.2, 0) is 0 Å². The van der Waals surface area contributed by atoms with E-state index in [1.807, 2.05) is 12.1 Å². The molecular formula is C6H4I2OS. The zero-order valence-electron chi connectivity index (χ0n) is 4.81. The third-order valence-corrected chi connectivity index (χ3v) is 2.79. The number of hydrogen-bond donors (Lipinski definition) is 2. The molecule has 0 atom stereocenters. The highest BCUT2D eigenvalue weighted by molar-refractivity contribution is 14.1. The maximum absolute atomic E-state index is 9.24. The van der Waals surface area contributed by atoms with Gasteiger partial charge in [-0.2, -0.15) is 0 Å². The molecule has 0 radical (unpaired) electrons. The van der Waals surface area contributed by atoms with Crippen LogP contribution in [0.1, 0.15) is 0 Å². The largest absolute Gasteiger partial charge is 0.506 e. The van der Waals surface area contributed by atoms with Gasteiger partial charge in [-0.05, 0) is 57.3 Å². The van der Waals surface area contributed by atoms with Gasteiger partial charge in [0.05, 0.1) is 3.57 Å². The monoisotopic (exact) mass is 378 g/mol. The molecule has 0 fully saturated rings. The fourth-order valence-electron chi connectivity index (χ4n) is 0.552. The summed E-state index contributed by atoms with van der Waals surface area (Å²) >= 11 is 8.33. The van der Waals surface area contributed by atoms with Crippen LogP contribution < -0.4 is 0 Å². The van der Waals surface area contributed by atoms with Crippen LogP contribution in [0.2, 0.25) is 0 Å². The molecule has 1 N–H and O–H groups in total. The molecular weight excluding hydrogens is 374 g/mol. The Labute approximate surface area is 91.9 Å². The molecule has 0 aliphatic carbocycles. The van der Waals surface area contributed by atoms with Gasteiger partial charge in [0.1, 0.15) is 5.75 Å². The number of phenolic OH excluding ortho intramolecular Hbond substituents is 1. The third kappa shape index (κ3) is 1.91. The lowest BCUT2D eigenvalue weighted by atomic mass is 10.3. The molecule has 0 unspecified atom stereocenters. The fraction of sp³-hybridized carbons (Fsp3) is 0. The highest BCUT2D eigenvalue weighted by atomic mass is 127. The van der Waals surface area contributed by atoms with E-state index in [1.54, 1.807) is 0 Å². The highest BCUT2D eigenvalue weighted by Gasteiger charge is 2.02. The highest BCUT2D eigenvalue weighted by Crippen LogP contribution is 2.28. The Morgan fingerprint density at radius 1 is 1.30 bits per heavy atom. The second-order valence-corrected chi connectivity index (χ2v) is 4.64. The molecule has 0 bridgehead atoms. The zero-order chi connectivity index (χ0) is 7.72. The van der Waals surface area contributed by atoms with E-state index in [1.165, 1.54) is 0 Å². The van der Waals surface area contributed by atoms with Gasteiger partial charge in [0, 0.05) is 8.47 Å². The van der Waals surface area contributed by atoms with Crippen molar-refractivity contribution in [3.8, 4) is 5.75 Å². The Morgan fingerprint density at radius 3 is 2.40 bits per heavy atom. The van der Waals surface area contributed by atoms with E-state index in [2.05, 4.69) is 57.8 Å². The van der Waals surface area contributed by atoms with Crippen LogP contribution in [0.3, 0.4) is 0 Å². The normalized spacial score (nSPS) is 9.90. The molecule has 0 heterocycles. The van der Waals surface area contributed by atoms with Crippen LogP contribution in [0.15, 0.2) is 17.0 Å². The van der Waals surface area contributed by atoms with E-state index >= 15 is 0 Å². The van der Waals surface area contributed by atoms with Crippen LogP contribution in [-0.4, -0.2) is 5.11 Å². The molecule has 1 nitrogen and oxygen atoms in total. The number of thiol groups is 1. The molecule has 4 heteroatoms. The van der Waals surface area contributed by atoms with E-state index in [9.17, 15) is 5.11 Å². The van der Waals surface area contributed by atoms with Crippen molar-refractivity contribution >= 4 is 57.8 Å². The van der Waals surface area contributed by atoms with E-state index < -0.39 is 0 Å². The average Bonchev–Trinajstić information content (AvgIpc) is 1.82. The number of phenols is 1. The van der Waals surface area contributed by atoms with Crippen LogP contribution in [0, 0.1) is 7.14 Å². The standard InChI is InChI=1S/C6H4I2OS/c7-3-1-4(8)6(9)5(10)2-3/h1-2,9-10H. The molecule has 0 saturated heterocycles. The first-order valence-electron chi connectivity index (χ1n) is 2.48. The summed E-state index contributed by atoms with van der Waals surface area (Å²) in [5.41, 5.74) is 0. The van der Waals surface area contributed by atoms with Gasteiger partial charge in [-0.3, -0.25) is 0 Å². The summed E-state index contributed by atoms with van der Waals surface area (Å²) in [5, 5.41) is 9.24.